The number of likely N-dealkylation sites (N-methyl/N-ethyl adjacent to an activating group) is 1. The third kappa shape index (κ3) is 4.07. The fourth-order valence-corrected chi connectivity index (χ4v) is 3.65. The highest BCUT2D eigenvalue weighted by Crippen LogP contribution is 2.32. The van der Waals surface area contributed by atoms with Crippen molar-refractivity contribution < 1.29 is 14.3 Å². The van der Waals surface area contributed by atoms with E-state index in [1.165, 1.54) is 0 Å². The SMILES string of the molecule is CN(C(=O)Nc1ccc(N2CCOCC2)cn1)[C@@H]1CCO[C@H]1c1cccnc1. The van der Waals surface area contributed by atoms with Crippen molar-refractivity contribution in [2.24, 2.45) is 0 Å². The van der Waals surface area contributed by atoms with Gasteiger partial charge in [-0.2, -0.15) is 0 Å². The lowest BCUT2D eigenvalue weighted by atomic mass is 10.0. The second-order valence-electron chi connectivity index (χ2n) is 6.98. The molecule has 0 bridgehead atoms. The van der Waals surface area contributed by atoms with E-state index in [1.807, 2.05) is 24.3 Å². The molecule has 0 saturated carbocycles. The summed E-state index contributed by atoms with van der Waals surface area (Å²) < 4.78 is 11.2. The van der Waals surface area contributed by atoms with E-state index in [2.05, 4.69) is 20.2 Å². The molecule has 2 aromatic rings. The van der Waals surface area contributed by atoms with Crippen LogP contribution in [0.3, 0.4) is 0 Å². The van der Waals surface area contributed by atoms with Gasteiger partial charge in [0, 0.05) is 44.7 Å². The third-order valence-electron chi connectivity index (χ3n) is 5.25. The average Bonchev–Trinajstić information content (AvgIpc) is 3.25. The maximum absolute atomic E-state index is 12.7. The number of hydrogen-bond donors (Lipinski definition) is 1. The molecule has 4 rings (SSSR count). The second kappa shape index (κ2) is 8.53. The van der Waals surface area contributed by atoms with Crippen molar-refractivity contribution in [2.45, 2.75) is 18.6 Å². The molecule has 2 saturated heterocycles. The fourth-order valence-electron chi connectivity index (χ4n) is 3.65. The summed E-state index contributed by atoms with van der Waals surface area (Å²) in [5, 5.41) is 2.88. The number of carbonyl (C=O) groups excluding carboxylic acids is 1. The summed E-state index contributed by atoms with van der Waals surface area (Å²) in [4.78, 5) is 25.2. The zero-order chi connectivity index (χ0) is 19.3. The molecule has 0 unspecified atom stereocenters. The van der Waals surface area contributed by atoms with Crippen LogP contribution in [0.2, 0.25) is 0 Å². The summed E-state index contributed by atoms with van der Waals surface area (Å²) in [7, 11) is 1.79. The van der Waals surface area contributed by atoms with Crippen molar-refractivity contribution in [1.82, 2.24) is 14.9 Å². The molecule has 2 aromatic heterocycles. The van der Waals surface area contributed by atoms with Gasteiger partial charge < -0.3 is 19.3 Å². The number of rotatable bonds is 4. The first kappa shape index (κ1) is 18.6. The molecule has 0 spiro atoms. The molecule has 4 heterocycles. The quantitative estimate of drug-likeness (QED) is 0.873. The summed E-state index contributed by atoms with van der Waals surface area (Å²) >= 11 is 0. The van der Waals surface area contributed by atoms with Gasteiger partial charge in [-0.1, -0.05) is 6.07 Å². The molecule has 2 aliphatic rings. The first-order valence-corrected chi connectivity index (χ1v) is 9.56. The number of nitrogens with zero attached hydrogens (tertiary/aromatic N) is 4. The molecule has 1 N–H and O–H groups in total. The van der Waals surface area contributed by atoms with Gasteiger partial charge in [0.05, 0.1) is 31.1 Å². The van der Waals surface area contributed by atoms with Crippen LogP contribution in [0.15, 0.2) is 42.9 Å². The van der Waals surface area contributed by atoms with E-state index >= 15 is 0 Å². The lowest BCUT2D eigenvalue weighted by molar-refractivity contribution is 0.0787. The monoisotopic (exact) mass is 383 g/mol. The van der Waals surface area contributed by atoms with Crippen molar-refractivity contribution in [3.63, 3.8) is 0 Å². The van der Waals surface area contributed by atoms with Crippen LogP contribution in [0.25, 0.3) is 0 Å². The molecule has 148 valence electrons. The van der Waals surface area contributed by atoms with Crippen LogP contribution in [0, 0.1) is 0 Å². The highest BCUT2D eigenvalue weighted by Gasteiger charge is 2.35. The molecule has 2 fully saturated rings. The van der Waals surface area contributed by atoms with Gasteiger partial charge >= 0.3 is 6.03 Å². The number of ether oxygens (including phenoxy) is 2. The van der Waals surface area contributed by atoms with Gasteiger partial charge in [0.2, 0.25) is 0 Å². The standard InChI is InChI=1S/C20H25N5O3/c1-24(17-6-10-28-19(17)15-3-2-7-21-13-15)20(26)23-18-5-4-16(14-22-18)25-8-11-27-12-9-25/h2-5,7,13-14,17,19H,6,8-12H2,1H3,(H,22,23,26)/t17-,19+/m1/s1. The third-order valence-corrected chi connectivity index (χ3v) is 5.25. The van der Waals surface area contributed by atoms with Crippen LogP contribution in [0.5, 0.6) is 0 Å². The molecule has 8 nitrogen and oxygen atoms in total. The molecular formula is C20H25N5O3. The van der Waals surface area contributed by atoms with E-state index in [0.29, 0.717) is 12.4 Å². The van der Waals surface area contributed by atoms with E-state index < -0.39 is 0 Å². The molecule has 2 amide bonds. The van der Waals surface area contributed by atoms with Crippen LogP contribution >= 0.6 is 0 Å². The number of amides is 2. The molecule has 0 radical (unpaired) electrons. The zero-order valence-corrected chi connectivity index (χ0v) is 16.0. The lowest BCUT2D eigenvalue weighted by Crippen LogP contribution is -2.41. The number of carbonyl (C=O) groups is 1. The first-order chi connectivity index (χ1) is 13.7. The van der Waals surface area contributed by atoms with Gasteiger partial charge in [-0.15, -0.1) is 0 Å². The van der Waals surface area contributed by atoms with Crippen LogP contribution in [-0.2, 0) is 9.47 Å². The minimum Gasteiger partial charge on any atom is -0.378 e. The minimum absolute atomic E-state index is 0.0446. The van der Waals surface area contributed by atoms with Gasteiger partial charge in [0.1, 0.15) is 11.9 Å². The Labute approximate surface area is 164 Å². The van der Waals surface area contributed by atoms with E-state index in [9.17, 15) is 4.79 Å². The van der Waals surface area contributed by atoms with Crippen LogP contribution < -0.4 is 10.2 Å². The van der Waals surface area contributed by atoms with E-state index in [-0.39, 0.29) is 18.2 Å². The summed E-state index contributed by atoms with van der Waals surface area (Å²) in [5.41, 5.74) is 2.02. The Hall–Kier alpha value is -2.71. The number of hydrogen-bond acceptors (Lipinski definition) is 6. The zero-order valence-electron chi connectivity index (χ0n) is 16.0. The predicted molar refractivity (Wildman–Crippen MR) is 105 cm³/mol. The van der Waals surface area contributed by atoms with Gasteiger partial charge in [-0.3, -0.25) is 10.3 Å². The smallest absolute Gasteiger partial charge is 0.323 e. The van der Waals surface area contributed by atoms with Gasteiger partial charge in [0.25, 0.3) is 0 Å². The molecule has 0 aromatic carbocycles. The maximum Gasteiger partial charge on any atom is 0.323 e. The molecule has 2 atom stereocenters. The van der Waals surface area contributed by atoms with Crippen molar-refractivity contribution in [2.75, 3.05) is 50.2 Å². The minimum atomic E-state index is -0.198. The Morgan fingerprint density at radius 3 is 2.79 bits per heavy atom. The van der Waals surface area contributed by atoms with Crippen molar-refractivity contribution >= 4 is 17.5 Å². The Morgan fingerprint density at radius 2 is 2.07 bits per heavy atom. The largest absolute Gasteiger partial charge is 0.378 e. The van der Waals surface area contributed by atoms with E-state index in [1.54, 1.807) is 30.5 Å². The van der Waals surface area contributed by atoms with Crippen molar-refractivity contribution in [1.29, 1.82) is 0 Å². The number of nitrogens with one attached hydrogen (secondary N) is 1. The highest BCUT2D eigenvalue weighted by atomic mass is 16.5. The Balaban J connectivity index is 1.38. The molecule has 8 heteroatoms. The van der Waals surface area contributed by atoms with Gasteiger partial charge in [-0.05, 0) is 24.6 Å². The molecule has 0 aliphatic carbocycles. The normalized spacial score (nSPS) is 22.1. The first-order valence-electron chi connectivity index (χ1n) is 9.56. The number of morpholine rings is 1. The van der Waals surface area contributed by atoms with Gasteiger partial charge in [-0.25, -0.2) is 9.78 Å². The molecule has 28 heavy (non-hydrogen) atoms. The highest BCUT2D eigenvalue weighted by molar-refractivity contribution is 5.88. The van der Waals surface area contributed by atoms with Crippen LogP contribution in [0.4, 0.5) is 16.3 Å². The number of anilines is 2. The average molecular weight is 383 g/mol. The summed E-state index contributed by atoms with van der Waals surface area (Å²) in [6, 6.07) is 7.43. The molecule has 2 aliphatic heterocycles. The number of urea groups is 1. The lowest BCUT2D eigenvalue weighted by Gasteiger charge is -2.29. The fraction of sp³-hybridized carbons (Fsp3) is 0.450. The number of pyridine rings is 2. The summed E-state index contributed by atoms with van der Waals surface area (Å²) in [6.45, 7) is 3.78. The maximum atomic E-state index is 12.7. The number of aromatic nitrogens is 2. The van der Waals surface area contributed by atoms with Crippen molar-refractivity contribution in [3.8, 4) is 0 Å². The van der Waals surface area contributed by atoms with Crippen molar-refractivity contribution in [3.05, 3.63) is 48.4 Å². The van der Waals surface area contributed by atoms with E-state index in [0.717, 1.165) is 44.0 Å². The second-order valence-corrected chi connectivity index (χ2v) is 6.98. The van der Waals surface area contributed by atoms with Crippen LogP contribution in [-0.4, -0.2) is 66.9 Å². The predicted octanol–water partition coefficient (Wildman–Crippen LogP) is 2.31. The summed E-state index contributed by atoms with van der Waals surface area (Å²) in [5.74, 6) is 0.533. The Kier molecular flexibility index (Phi) is 5.68. The summed E-state index contributed by atoms with van der Waals surface area (Å²) in [6.07, 6.45) is 5.93. The Bertz CT molecular complexity index is 780. The van der Waals surface area contributed by atoms with Gasteiger partial charge in [0.15, 0.2) is 0 Å². The van der Waals surface area contributed by atoms with Crippen LogP contribution in [0.1, 0.15) is 18.1 Å². The Morgan fingerprint density at radius 1 is 1.21 bits per heavy atom. The topological polar surface area (TPSA) is 79.8 Å². The molecular weight excluding hydrogens is 358 g/mol. The van der Waals surface area contributed by atoms with E-state index in [4.69, 9.17) is 9.47 Å².